The van der Waals surface area contributed by atoms with E-state index in [4.69, 9.17) is 10.5 Å². The highest BCUT2D eigenvalue weighted by Crippen LogP contribution is 2.26. The Balaban J connectivity index is 2.53. The molecule has 0 fully saturated rings. The van der Waals surface area contributed by atoms with Gasteiger partial charge in [-0.2, -0.15) is 0 Å². The van der Waals surface area contributed by atoms with E-state index in [0.717, 1.165) is 5.56 Å². The predicted molar refractivity (Wildman–Crippen MR) is 76.4 cm³/mol. The maximum Gasteiger partial charge on any atom is 0.244 e. The first-order chi connectivity index (χ1) is 9.56. The van der Waals surface area contributed by atoms with Crippen molar-refractivity contribution in [3.8, 4) is 11.5 Å². The molecule has 6 nitrogen and oxygen atoms in total. The fourth-order valence-corrected chi connectivity index (χ4v) is 1.54. The van der Waals surface area contributed by atoms with Crippen LogP contribution in [0.2, 0.25) is 0 Å². The molecule has 0 aliphatic carbocycles. The molecule has 20 heavy (non-hydrogen) atoms. The monoisotopic (exact) mass is 280 g/mol. The number of amides is 1. The Morgan fingerprint density at radius 3 is 2.95 bits per heavy atom. The number of benzene rings is 1. The quantitative estimate of drug-likeness (QED) is 0.536. The summed E-state index contributed by atoms with van der Waals surface area (Å²) in [5.41, 5.74) is 6.01. The number of aromatic hydroxyl groups is 1. The lowest BCUT2D eigenvalue weighted by Gasteiger charge is -2.08. The highest BCUT2D eigenvalue weighted by Gasteiger charge is 2.04. The molecule has 5 N–H and O–H groups in total. The van der Waals surface area contributed by atoms with Gasteiger partial charge in [0.05, 0.1) is 13.2 Å². The third-order valence-electron chi connectivity index (χ3n) is 2.64. The zero-order chi connectivity index (χ0) is 15.0. The van der Waals surface area contributed by atoms with E-state index in [0.29, 0.717) is 18.7 Å². The van der Waals surface area contributed by atoms with Crippen molar-refractivity contribution in [1.82, 2.24) is 5.32 Å². The first-order valence-corrected chi connectivity index (χ1v) is 6.28. The first kappa shape index (κ1) is 16.0. The fourth-order valence-electron chi connectivity index (χ4n) is 1.54. The van der Waals surface area contributed by atoms with Crippen LogP contribution in [0.1, 0.15) is 12.0 Å². The van der Waals surface area contributed by atoms with Gasteiger partial charge in [-0.3, -0.25) is 4.79 Å². The third kappa shape index (κ3) is 5.29. The Kier molecular flexibility index (Phi) is 6.55. The van der Waals surface area contributed by atoms with E-state index >= 15 is 0 Å². The number of aliphatic hydroxyl groups excluding tert-OH is 1. The van der Waals surface area contributed by atoms with E-state index in [2.05, 4.69) is 5.32 Å². The molecule has 0 aromatic heterocycles. The molecule has 1 amide bonds. The molecule has 1 unspecified atom stereocenters. The van der Waals surface area contributed by atoms with Crippen LogP contribution in [0.4, 0.5) is 0 Å². The van der Waals surface area contributed by atoms with Crippen molar-refractivity contribution >= 4 is 12.0 Å². The first-order valence-electron chi connectivity index (χ1n) is 6.28. The molecular weight excluding hydrogens is 260 g/mol. The summed E-state index contributed by atoms with van der Waals surface area (Å²) in [5.74, 6) is 0.0676. The van der Waals surface area contributed by atoms with E-state index in [9.17, 15) is 15.0 Å². The summed E-state index contributed by atoms with van der Waals surface area (Å²) < 4.78 is 4.97. The highest BCUT2D eigenvalue weighted by molar-refractivity contribution is 5.91. The molecular formula is C14H20N2O4. The van der Waals surface area contributed by atoms with Crippen LogP contribution in [0.5, 0.6) is 11.5 Å². The minimum atomic E-state index is -0.633. The van der Waals surface area contributed by atoms with E-state index in [1.54, 1.807) is 18.2 Å². The minimum absolute atomic E-state index is 0.0407. The zero-order valence-electron chi connectivity index (χ0n) is 11.4. The van der Waals surface area contributed by atoms with Gasteiger partial charge in [-0.15, -0.1) is 0 Å². The minimum Gasteiger partial charge on any atom is -0.504 e. The van der Waals surface area contributed by atoms with Crippen LogP contribution in [-0.2, 0) is 4.79 Å². The summed E-state index contributed by atoms with van der Waals surface area (Å²) in [4.78, 5) is 11.5. The second-order valence-corrected chi connectivity index (χ2v) is 4.24. The number of hydrogen-bond donors (Lipinski definition) is 4. The van der Waals surface area contributed by atoms with Crippen LogP contribution >= 0.6 is 0 Å². The molecule has 6 heteroatoms. The van der Waals surface area contributed by atoms with E-state index < -0.39 is 6.10 Å². The van der Waals surface area contributed by atoms with Crippen LogP contribution in [0.3, 0.4) is 0 Å². The molecule has 0 heterocycles. The number of carbonyl (C=O) groups excluding carboxylic acids is 1. The van der Waals surface area contributed by atoms with E-state index in [-0.39, 0.29) is 18.2 Å². The number of carbonyl (C=O) groups is 1. The lowest BCUT2D eigenvalue weighted by Crippen LogP contribution is -2.32. The largest absolute Gasteiger partial charge is 0.504 e. The van der Waals surface area contributed by atoms with Crippen molar-refractivity contribution < 1.29 is 19.7 Å². The third-order valence-corrected chi connectivity index (χ3v) is 2.64. The summed E-state index contributed by atoms with van der Waals surface area (Å²) in [7, 11) is 1.45. The van der Waals surface area contributed by atoms with Crippen LogP contribution in [0.25, 0.3) is 6.08 Å². The molecule has 0 aliphatic heterocycles. The normalized spacial score (nSPS) is 12.3. The second-order valence-electron chi connectivity index (χ2n) is 4.24. The van der Waals surface area contributed by atoms with Gasteiger partial charge in [0.2, 0.25) is 5.91 Å². The number of rotatable bonds is 7. The van der Waals surface area contributed by atoms with Crippen LogP contribution in [0.15, 0.2) is 24.3 Å². The van der Waals surface area contributed by atoms with Crippen molar-refractivity contribution in [2.75, 3.05) is 20.2 Å². The number of methoxy groups -OCH3 is 1. The average molecular weight is 280 g/mol. The fraction of sp³-hybridized carbons (Fsp3) is 0.357. The Morgan fingerprint density at radius 2 is 2.30 bits per heavy atom. The van der Waals surface area contributed by atoms with Crippen molar-refractivity contribution in [3.05, 3.63) is 29.8 Å². The molecule has 1 atom stereocenters. The average Bonchev–Trinajstić information content (AvgIpc) is 2.44. The molecule has 1 aromatic rings. The van der Waals surface area contributed by atoms with E-state index in [1.165, 1.54) is 19.3 Å². The summed E-state index contributed by atoms with van der Waals surface area (Å²) in [6.07, 6.45) is 2.75. The van der Waals surface area contributed by atoms with Gasteiger partial charge >= 0.3 is 0 Å². The summed E-state index contributed by atoms with van der Waals surface area (Å²) in [5, 5.41) is 21.4. The summed E-state index contributed by atoms with van der Waals surface area (Å²) >= 11 is 0. The van der Waals surface area contributed by atoms with Gasteiger partial charge in [0.15, 0.2) is 11.5 Å². The molecule has 0 saturated carbocycles. The van der Waals surface area contributed by atoms with Crippen molar-refractivity contribution in [3.63, 3.8) is 0 Å². The molecule has 1 rings (SSSR count). The number of aliphatic hydroxyl groups is 1. The van der Waals surface area contributed by atoms with Crippen molar-refractivity contribution in [2.24, 2.45) is 5.73 Å². The number of hydrogen-bond acceptors (Lipinski definition) is 5. The van der Waals surface area contributed by atoms with Gasteiger partial charge in [0.1, 0.15) is 0 Å². The molecule has 0 bridgehead atoms. The number of nitrogens with two attached hydrogens (primary N) is 1. The number of ether oxygens (including phenoxy) is 1. The lowest BCUT2D eigenvalue weighted by molar-refractivity contribution is -0.116. The Hall–Kier alpha value is -2.05. The summed E-state index contributed by atoms with van der Waals surface area (Å²) in [6.45, 7) is 0.541. The van der Waals surface area contributed by atoms with Gasteiger partial charge in [0.25, 0.3) is 0 Å². The van der Waals surface area contributed by atoms with Crippen LogP contribution in [0, 0.1) is 0 Å². The number of nitrogens with one attached hydrogen (secondary N) is 1. The standard InChI is InChI=1S/C14H20N2O4/c1-20-13-8-10(2-4-12(13)18)3-5-14(19)16-9-11(17)6-7-15/h2-5,8,11,17-18H,6-7,9,15H2,1H3,(H,16,19). The smallest absolute Gasteiger partial charge is 0.244 e. The van der Waals surface area contributed by atoms with Gasteiger partial charge in [-0.1, -0.05) is 6.07 Å². The molecule has 0 radical (unpaired) electrons. The second kappa shape index (κ2) is 8.19. The van der Waals surface area contributed by atoms with Gasteiger partial charge < -0.3 is 26.0 Å². The van der Waals surface area contributed by atoms with E-state index in [1.807, 2.05) is 0 Å². The lowest BCUT2D eigenvalue weighted by atomic mass is 10.2. The maximum absolute atomic E-state index is 11.5. The Morgan fingerprint density at radius 1 is 1.55 bits per heavy atom. The molecule has 0 spiro atoms. The molecule has 1 aromatic carbocycles. The summed E-state index contributed by atoms with van der Waals surface area (Å²) in [6, 6.07) is 4.76. The van der Waals surface area contributed by atoms with Crippen LogP contribution < -0.4 is 15.8 Å². The maximum atomic E-state index is 11.5. The SMILES string of the molecule is COc1cc(C=CC(=O)NCC(O)CCN)ccc1O. The zero-order valence-corrected chi connectivity index (χ0v) is 11.4. The van der Waals surface area contributed by atoms with Crippen molar-refractivity contribution in [1.29, 1.82) is 0 Å². The van der Waals surface area contributed by atoms with Crippen molar-refractivity contribution in [2.45, 2.75) is 12.5 Å². The highest BCUT2D eigenvalue weighted by atomic mass is 16.5. The number of phenols is 1. The topological polar surface area (TPSA) is 105 Å². The van der Waals surface area contributed by atoms with Gasteiger partial charge in [-0.25, -0.2) is 0 Å². The molecule has 0 saturated heterocycles. The predicted octanol–water partition coefficient (Wildman–Crippen LogP) is 0.240. The molecule has 110 valence electrons. The van der Waals surface area contributed by atoms with Gasteiger partial charge in [0, 0.05) is 12.6 Å². The number of phenolic OH excluding ortho intramolecular Hbond substituents is 1. The van der Waals surface area contributed by atoms with Crippen LogP contribution in [-0.4, -0.2) is 42.4 Å². The Bertz CT molecular complexity index is 474. The van der Waals surface area contributed by atoms with Gasteiger partial charge in [-0.05, 0) is 36.7 Å². The molecule has 0 aliphatic rings. The Labute approximate surface area is 117 Å².